The highest BCUT2D eigenvalue weighted by molar-refractivity contribution is 7.20. The van der Waals surface area contributed by atoms with Gasteiger partial charge in [-0.2, -0.15) is 0 Å². The minimum atomic E-state index is -0.758. The Labute approximate surface area is 228 Å². The molecule has 1 unspecified atom stereocenters. The van der Waals surface area contributed by atoms with Crippen LogP contribution in [0.5, 0.6) is 0 Å². The van der Waals surface area contributed by atoms with Gasteiger partial charge in [0.1, 0.15) is 6.10 Å². The largest absolute Gasteiger partial charge is 0.481 e. The average Bonchev–Trinajstić information content (AvgIpc) is 3.62. The molecule has 0 spiro atoms. The number of carbonyl (C=O) groups is 2. The van der Waals surface area contributed by atoms with E-state index in [1.165, 1.54) is 11.3 Å². The first-order valence-electron chi connectivity index (χ1n) is 11.7. The molecule has 188 valence electrons. The van der Waals surface area contributed by atoms with Gasteiger partial charge >= 0.3 is 12.1 Å². The van der Waals surface area contributed by atoms with E-state index in [1.54, 1.807) is 19.1 Å². The Bertz CT molecular complexity index is 1460. The molecule has 4 aromatic rings. The molecular weight excluding hydrogens is 529 g/mol. The zero-order valence-corrected chi connectivity index (χ0v) is 22.2. The van der Waals surface area contributed by atoms with Gasteiger partial charge in [0, 0.05) is 10.6 Å². The number of amides is 1. The van der Waals surface area contributed by atoms with Crippen LogP contribution in [0.25, 0.3) is 21.6 Å². The summed E-state index contributed by atoms with van der Waals surface area (Å²) in [4.78, 5) is 25.0. The number of hydrogen-bond acceptors (Lipinski definition) is 4. The van der Waals surface area contributed by atoms with Gasteiger partial charge in [0.15, 0.2) is 0 Å². The quantitative estimate of drug-likeness (QED) is 0.240. The molecule has 5 nitrogen and oxygen atoms in total. The van der Waals surface area contributed by atoms with Crippen LogP contribution in [-0.4, -0.2) is 17.2 Å². The number of thiophene rings is 1. The number of aliphatic carboxylic acids is 1. The molecule has 8 heteroatoms. The monoisotopic (exact) mass is 551 g/mol. The number of ether oxygens (including phenoxy) is 1. The number of hydrogen-bond donors (Lipinski definition) is 2. The second-order valence-electron chi connectivity index (χ2n) is 9.03. The minimum Gasteiger partial charge on any atom is -0.481 e. The van der Waals surface area contributed by atoms with E-state index in [1.807, 2.05) is 66.7 Å². The van der Waals surface area contributed by atoms with Gasteiger partial charge < -0.3 is 9.84 Å². The summed E-state index contributed by atoms with van der Waals surface area (Å²) in [5.74, 6) is -0.758. The van der Waals surface area contributed by atoms with Gasteiger partial charge in [-0.25, -0.2) is 4.79 Å². The fourth-order valence-corrected chi connectivity index (χ4v) is 5.86. The number of nitrogens with one attached hydrogen (secondary N) is 1. The molecule has 3 aromatic carbocycles. The van der Waals surface area contributed by atoms with Gasteiger partial charge in [-0.05, 0) is 54.2 Å². The highest BCUT2D eigenvalue weighted by atomic mass is 35.5. The molecule has 1 saturated carbocycles. The Hall–Kier alpha value is -3.32. The third-order valence-corrected chi connectivity index (χ3v) is 8.30. The molecule has 1 heterocycles. The van der Waals surface area contributed by atoms with Crippen LogP contribution < -0.4 is 5.32 Å². The summed E-state index contributed by atoms with van der Waals surface area (Å²) in [6.07, 6.45) is 0.238. The van der Waals surface area contributed by atoms with Crippen molar-refractivity contribution in [3.05, 3.63) is 99.3 Å². The van der Waals surface area contributed by atoms with Crippen LogP contribution in [0.1, 0.15) is 37.0 Å². The minimum absolute atomic E-state index is 0.526. The SMILES string of the molecule is CC(OC(=O)Nc1cc(Cl)sc1-c1ccc(-c2ccc(C3(C(=O)O)CC3)cc2)cc1)c1ccccc1Cl. The molecular formula is C29H23Cl2NO4S. The number of carboxylic acids is 1. The van der Waals surface area contributed by atoms with Gasteiger partial charge in [0.2, 0.25) is 0 Å². The Morgan fingerprint density at radius 3 is 2.14 bits per heavy atom. The summed E-state index contributed by atoms with van der Waals surface area (Å²) >= 11 is 13.9. The van der Waals surface area contributed by atoms with Gasteiger partial charge in [-0.15, -0.1) is 11.3 Å². The Morgan fingerprint density at radius 2 is 1.54 bits per heavy atom. The van der Waals surface area contributed by atoms with Crippen molar-refractivity contribution in [3.8, 4) is 21.6 Å². The smallest absolute Gasteiger partial charge is 0.412 e. The highest BCUT2D eigenvalue weighted by Gasteiger charge is 2.51. The number of benzene rings is 3. The van der Waals surface area contributed by atoms with Crippen molar-refractivity contribution < 1.29 is 19.4 Å². The molecule has 5 rings (SSSR count). The van der Waals surface area contributed by atoms with Crippen molar-refractivity contribution >= 4 is 52.3 Å². The fourth-order valence-electron chi connectivity index (χ4n) is 4.38. The van der Waals surface area contributed by atoms with Crippen LogP contribution in [0.15, 0.2) is 78.9 Å². The van der Waals surface area contributed by atoms with Crippen LogP contribution >= 0.6 is 34.5 Å². The molecule has 1 amide bonds. The van der Waals surface area contributed by atoms with Gasteiger partial charge in [-0.3, -0.25) is 10.1 Å². The van der Waals surface area contributed by atoms with Crippen LogP contribution in [0.4, 0.5) is 10.5 Å². The van der Waals surface area contributed by atoms with E-state index < -0.39 is 23.6 Å². The Kier molecular flexibility index (Phi) is 6.99. The zero-order valence-electron chi connectivity index (χ0n) is 19.8. The van der Waals surface area contributed by atoms with Crippen LogP contribution in [0.3, 0.4) is 0 Å². The summed E-state index contributed by atoms with van der Waals surface area (Å²) in [6.45, 7) is 1.76. The molecule has 0 radical (unpaired) electrons. The Balaban J connectivity index is 1.30. The van der Waals surface area contributed by atoms with Crippen molar-refractivity contribution in [2.45, 2.75) is 31.3 Å². The summed E-state index contributed by atoms with van der Waals surface area (Å²) < 4.78 is 6.08. The zero-order chi connectivity index (χ0) is 26.2. The summed E-state index contributed by atoms with van der Waals surface area (Å²) in [6, 6.07) is 24.6. The topological polar surface area (TPSA) is 75.6 Å². The lowest BCUT2D eigenvalue weighted by Gasteiger charge is -2.15. The molecule has 2 N–H and O–H groups in total. The standard InChI is InChI=1S/C29H23Cl2NO4S/c1-17(22-4-2-3-5-23(22)30)36-28(35)32-24-16-25(31)37-26(24)20-8-6-18(7-9-20)19-10-12-21(13-11-19)29(14-15-29)27(33)34/h2-13,16-17H,14-15H2,1H3,(H,32,35)(H,33,34). The predicted molar refractivity (Wildman–Crippen MR) is 149 cm³/mol. The van der Waals surface area contributed by atoms with E-state index in [2.05, 4.69) is 5.32 Å². The van der Waals surface area contributed by atoms with Crippen LogP contribution in [0.2, 0.25) is 9.36 Å². The van der Waals surface area contributed by atoms with Crippen molar-refractivity contribution in [1.82, 2.24) is 0 Å². The average molecular weight is 552 g/mol. The van der Waals surface area contributed by atoms with E-state index in [-0.39, 0.29) is 0 Å². The summed E-state index contributed by atoms with van der Waals surface area (Å²) in [7, 11) is 0. The van der Waals surface area contributed by atoms with E-state index in [4.69, 9.17) is 27.9 Å². The number of carboxylic acid groups (broad SMARTS) is 1. The van der Waals surface area contributed by atoms with Crippen molar-refractivity contribution in [1.29, 1.82) is 0 Å². The van der Waals surface area contributed by atoms with Gasteiger partial charge in [0.25, 0.3) is 0 Å². The molecule has 1 aliphatic rings. The number of carbonyl (C=O) groups excluding carboxylic acids is 1. The van der Waals surface area contributed by atoms with E-state index >= 15 is 0 Å². The molecule has 37 heavy (non-hydrogen) atoms. The van der Waals surface area contributed by atoms with Gasteiger partial charge in [-0.1, -0.05) is 89.9 Å². The fraction of sp³-hybridized carbons (Fsp3) is 0.172. The van der Waals surface area contributed by atoms with Crippen LogP contribution in [-0.2, 0) is 14.9 Å². The van der Waals surface area contributed by atoms with Crippen LogP contribution in [0, 0.1) is 0 Å². The molecule has 0 saturated heterocycles. The third kappa shape index (κ3) is 5.23. The lowest BCUT2D eigenvalue weighted by atomic mass is 9.93. The number of halogens is 2. The first-order chi connectivity index (χ1) is 17.8. The normalized spacial score (nSPS) is 14.6. The van der Waals surface area contributed by atoms with E-state index in [0.29, 0.717) is 27.9 Å². The molecule has 1 fully saturated rings. The number of rotatable bonds is 7. The number of anilines is 1. The lowest BCUT2D eigenvalue weighted by Crippen LogP contribution is -2.19. The Morgan fingerprint density at radius 1 is 0.946 bits per heavy atom. The van der Waals surface area contributed by atoms with Crippen molar-refractivity contribution in [2.75, 3.05) is 5.32 Å². The maximum Gasteiger partial charge on any atom is 0.412 e. The van der Waals surface area contributed by atoms with Gasteiger partial charge in [0.05, 0.1) is 20.3 Å². The van der Waals surface area contributed by atoms with E-state index in [9.17, 15) is 14.7 Å². The summed E-state index contributed by atoms with van der Waals surface area (Å²) in [5.41, 5.74) is 4.32. The summed E-state index contributed by atoms with van der Waals surface area (Å²) in [5, 5.41) is 12.9. The molecule has 0 bridgehead atoms. The maximum atomic E-state index is 12.6. The molecule has 1 aromatic heterocycles. The molecule has 1 aliphatic carbocycles. The first kappa shape index (κ1) is 25.3. The third-order valence-electron chi connectivity index (χ3n) is 6.64. The maximum absolute atomic E-state index is 12.6. The predicted octanol–water partition coefficient (Wildman–Crippen LogP) is 8.81. The second kappa shape index (κ2) is 10.2. The molecule has 0 aliphatic heterocycles. The first-order valence-corrected chi connectivity index (χ1v) is 13.3. The molecule has 1 atom stereocenters. The highest BCUT2D eigenvalue weighted by Crippen LogP contribution is 2.48. The van der Waals surface area contributed by atoms with E-state index in [0.717, 1.165) is 32.7 Å². The van der Waals surface area contributed by atoms with Crippen molar-refractivity contribution in [3.63, 3.8) is 0 Å². The van der Waals surface area contributed by atoms with Crippen molar-refractivity contribution in [2.24, 2.45) is 0 Å². The lowest BCUT2D eigenvalue weighted by molar-refractivity contribution is -0.140. The second-order valence-corrected chi connectivity index (χ2v) is 11.1.